The van der Waals surface area contributed by atoms with Crippen molar-refractivity contribution in [1.82, 2.24) is 0 Å². The Morgan fingerprint density at radius 3 is 2.86 bits per heavy atom. The van der Waals surface area contributed by atoms with E-state index in [4.69, 9.17) is 4.74 Å². The van der Waals surface area contributed by atoms with E-state index in [-0.39, 0.29) is 12.1 Å². The lowest BCUT2D eigenvalue weighted by atomic mass is 10.1. The predicted octanol–water partition coefficient (Wildman–Crippen LogP) is 1.98. The van der Waals surface area contributed by atoms with E-state index in [0.717, 1.165) is 5.56 Å². The van der Waals surface area contributed by atoms with E-state index < -0.39 is 5.82 Å². The Morgan fingerprint density at radius 1 is 1.57 bits per heavy atom. The Balaban J connectivity index is 3.21. The van der Waals surface area contributed by atoms with E-state index in [2.05, 4.69) is 4.99 Å². The third-order valence-corrected chi connectivity index (χ3v) is 1.91. The zero-order chi connectivity index (χ0) is 10.6. The molecule has 0 aromatic heterocycles. The maximum atomic E-state index is 13.3. The molecule has 0 saturated heterocycles. The first-order valence-corrected chi connectivity index (χ1v) is 4.06. The van der Waals surface area contributed by atoms with E-state index in [9.17, 15) is 9.18 Å². The first-order chi connectivity index (χ1) is 6.70. The Morgan fingerprint density at radius 2 is 2.29 bits per heavy atom. The normalized spacial score (nSPS) is 9.36. The lowest BCUT2D eigenvalue weighted by Gasteiger charge is -2.09. The topological polar surface area (TPSA) is 38.7 Å². The van der Waals surface area contributed by atoms with Crippen molar-refractivity contribution in [2.45, 2.75) is 13.5 Å². The molecular formula is C10H10FNO2. The van der Waals surface area contributed by atoms with E-state index in [0.29, 0.717) is 5.75 Å². The number of nitrogens with zero attached hydrogens (tertiary/aromatic N) is 1. The minimum atomic E-state index is -0.425. The van der Waals surface area contributed by atoms with Crippen LogP contribution in [-0.2, 0) is 11.3 Å². The van der Waals surface area contributed by atoms with Crippen molar-refractivity contribution < 1.29 is 13.9 Å². The van der Waals surface area contributed by atoms with Gasteiger partial charge in [-0.15, -0.1) is 0 Å². The lowest BCUT2D eigenvalue weighted by Crippen LogP contribution is -1.97. The fourth-order valence-corrected chi connectivity index (χ4v) is 1.26. The molecule has 1 aromatic carbocycles. The van der Waals surface area contributed by atoms with E-state index in [1.54, 1.807) is 13.0 Å². The molecule has 0 amide bonds. The average molecular weight is 195 g/mol. The summed E-state index contributed by atoms with van der Waals surface area (Å²) >= 11 is 0. The monoisotopic (exact) mass is 195 g/mol. The number of benzene rings is 1. The summed E-state index contributed by atoms with van der Waals surface area (Å²) in [5.74, 6) is 0.00968. The summed E-state index contributed by atoms with van der Waals surface area (Å²) in [6.07, 6.45) is 1.37. The molecule has 0 N–H and O–H groups in total. The van der Waals surface area contributed by atoms with Crippen molar-refractivity contribution in [1.29, 1.82) is 0 Å². The van der Waals surface area contributed by atoms with Crippen LogP contribution in [0.3, 0.4) is 0 Å². The van der Waals surface area contributed by atoms with Gasteiger partial charge in [0, 0.05) is 0 Å². The van der Waals surface area contributed by atoms with Crippen LogP contribution in [0.15, 0.2) is 17.1 Å². The van der Waals surface area contributed by atoms with Gasteiger partial charge >= 0.3 is 0 Å². The number of isocyanates is 1. The summed E-state index contributed by atoms with van der Waals surface area (Å²) in [6.45, 7) is 1.76. The molecule has 0 atom stereocenters. The maximum Gasteiger partial charge on any atom is 0.235 e. The molecule has 0 aliphatic rings. The molecule has 0 heterocycles. The number of carbonyl (C=O) groups excluding carboxylic acids is 1. The maximum absolute atomic E-state index is 13.3. The molecule has 3 nitrogen and oxygen atoms in total. The van der Waals surface area contributed by atoms with Crippen molar-refractivity contribution in [3.05, 3.63) is 29.1 Å². The Bertz CT molecular complexity index is 384. The molecule has 1 rings (SSSR count). The zero-order valence-corrected chi connectivity index (χ0v) is 8.00. The summed E-state index contributed by atoms with van der Waals surface area (Å²) < 4.78 is 18.3. The van der Waals surface area contributed by atoms with Crippen LogP contribution in [0.4, 0.5) is 4.39 Å². The summed E-state index contributed by atoms with van der Waals surface area (Å²) in [6, 6.07) is 2.94. The van der Waals surface area contributed by atoms with E-state index >= 15 is 0 Å². The summed E-state index contributed by atoms with van der Waals surface area (Å²) in [4.78, 5) is 13.2. The highest BCUT2D eigenvalue weighted by atomic mass is 19.1. The first-order valence-electron chi connectivity index (χ1n) is 4.06. The summed E-state index contributed by atoms with van der Waals surface area (Å²) in [7, 11) is 1.45. The number of hydrogen-bond acceptors (Lipinski definition) is 3. The number of methoxy groups -OCH3 is 1. The van der Waals surface area contributed by atoms with Crippen molar-refractivity contribution in [2.75, 3.05) is 7.11 Å². The number of aliphatic imine (C=N–C) groups is 1. The Kier molecular flexibility index (Phi) is 3.37. The van der Waals surface area contributed by atoms with Crippen LogP contribution in [0, 0.1) is 12.7 Å². The van der Waals surface area contributed by atoms with E-state index in [1.807, 2.05) is 0 Å². The highest BCUT2D eigenvalue weighted by molar-refractivity contribution is 5.43. The van der Waals surface area contributed by atoms with Crippen LogP contribution in [0.2, 0.25) is 0 Å². The minimum absolute atomic E-state index is 0.0415. The largest absolute Gasteiger partial charge is 0.496 e. The van der Waals surface area contributed by atoms with Gasteiger partial charge in [-0.25, -0.2) is 14.2 Å². The third kappa shape index (κ3) is 1.98. The SMILES string of the molecule is COc1c(C)ccc(F)c1CN=C=O. The van der Waals surface area contributed by atoms with Gasteiger partial charge in [-0.05, 0) is 18.6 Å². The van der Waals surface area contributed by atoms with Gasteiger partial charge in [-0.2, -0.15) is 0 Å². The van der Waals surface area contributed by atoms with Crippen molar-refractivity contribution in [3.8, 4) is 5.75 Å². The van der Waals surface area contributed by atoms with Gasteiger partial charge in [0.15, 0.2) is 0 Å². The average Bonchev–Trinajstić information content (AvgIpc) is 2.19. The molecule has 0 spiro atoms. The standard InChI is InChI=1S/C10H10FNO2/c1-7-3-4-9(11)8(5-12-6-13)10(7)14-2/h3-4H,5H2,1-2H3. The van der Waals surface area contributed by atoms with Gasteiger partial charge in [0.1, 0.15) is 11.6 Å². The van der Waals surface area contributed by atoms with Gasteiger partial charge < -0.3 is 4.74 Å². The molecule has 0 aliphatic heterocycles. The fourth-order valence-electron chi connectivity index (χ4n) is 1.26. The van der Waals surface area contributed by atoms with Crippen LogP contribution in [-0.4, -0.2) is 13.2 Å². The second-order valence-corrected chi connectivity index (χ2v) is 2.78. The molecule has 1 aromatic rings. The molecule has 0 radical (unpaired) electrons. The van der Waals surface area contributed by atoms with Gasteiger partial charge in [0.2, 0.25) is 6.08 Å². The Labute approximate surface area is 81.2 Å². The lowest BCUT2D eigenvalue weighted by molar-refractivity contribution is 0.401. The summed E-state index contributed by atoms with van der Waals surface area (Å²) in [5.41, 5.74) is 1.10. The molecule has 14 heavy (non-hydrogen) atoms. The predicted molar refractivity (Wildman–Crippen MR) is 49.5 cm³/mol. The molecule has 4 heteroatoms. The molecule has 74 valence electrons. The van der Waals surface area contributed by atoms with Crippen LogP contribution >= 0.6 is 0 Å². The van der Waals surface area contributed by atoms with E-state index in [1.165, 1.54) is 19.3 Å². The van der Waals surface area contributed by atoms with Crippen LogP contribution in [0.25, 0.3) is 0 Å². The number of halogens is 1. The van der Waals surface area contributed by atoms with Gasteiger partial charge in [-0.3, -0.25) is 0 Å². The van der Waals surface area contributed by atoms with Gasteiger partial charge in [0.05, 0.1) is 19.2 Å². The quantitative estimate of drug-likeness (QED) is 0.546. The number of rotatable bonds is 3. The molecule has 0 saturated carbocycles. The third-order valence-electron chi connectivity index (χ3n) is 1.91. The van der Waals surface area contributed by atoms with Crippen molar-refractivity contribution >= 4 is 6.08 Å². The number of aryl methyl sites for hydroxylation is 1. The molecule has 0 fully saturated rings. The highest BCUT2D eigenvalue weighted by Crippen LogP contribution is 2.26. The fraction of sp³-hybridized carbons (Fsp3) is 0.300. The molecular weight excluding hydrogens is 185 g/mol. The van der Waals surface area contributed by atoms with Crippen LogP contribution in [0.1, 0.15) is 11.1 Å². The second-order valence-electron chi connectivity index (χ2n) is 2.78. The number of ether oxygens (including phenoxy) is 1. The molecule has 0 unspecified atom stereocenters. The molecule has 0 aliphatic carbocycles. The summed E-state index contributed by atoms with van der Waals surface area (Å²) in [5, 5.41) is 0. The first kappa shape index (κ1) is 10.4. The van der Waals surface area contributed by atoms with Gasteiger partial charge in [0.25, 0.3) is 0 Å². The zero-order valence-electron chi connectivity index (χ0n) is 8.00. The smallest absolute Gasteiger partial charge is 0.235 e. The van der Waals surface area contributed by atoms with Crippen molar-refractivity contribution in [2.24, 2.45) is 4.99 Å². The van der Waals surface area contributed by atoms with Crippen LogP contribution in [0.5, 0.6) is 5.75 Å². The highest BCUT2D eigenvalue weighted by Gasteiger charge is 2.11. The number of hydrogen-bond donors (Lipinski definition) is 0. The van der Waals surface area contributed by atoms with Crippen LogP contribution < -0.4 is 4.74 Å². The van der Waals surface area contributed by atoms with Crippen molar-refractivity contribution in [3.63, 3.8) is 0 Å². The Hall–Kier alpha value is -1.67. The van der Waals surface area contributed by atoms with Gasteiger partial charge in [-0.1, -0.05) is 6.07 Å². The second kappa shape index (κ2) is 4.53. The molecule has 0 bridgehead atoms. The minimum Gasteiger partial charge on any atom is -0.496 e.